The molecular formula is C20H21N7O2. The number of anilines is 3. The van der Waals surface area contributed by atoms with Gasteiger partial charge in [0.1, 0.15) is 17.4 Å². The minimum absolute atomic E-state index is 0.149. The molecule has 0 radical (unpaired) electrons. The molecule has 2 aromatic heterocycles. The van der Waals surface area contributed by atoms with Crippen LogP contribution in [0.2, 0.25) is 0 Å². The molecule has 148 valence electrons. The van der Waals surface area contributed by atoms with Gasteiger partial charge in [-0.1, -0.05) is 0 Å². The lowest BCUT2D eigenvalue weighted by Crippen LogP contribution is -2.50. The molecule has 29 heavy (non-hydrogen) atoms. The molecule has 0 saturated carbocycles. The van der Waals surface area contributed by atoms with Gasteiger partial charge in [0.2, 0.25) is 0 Å². The molecule has 0 bridgehead atoms. The molecule has 1 fully saturated rings. The summed E-state index contributed by atoms with van der Waals surface area (Å²) < 4.78 is 5.69. The molecule has 3 heterocycles. The number of piperazine rings is 1. The van der Waals surface area contributed by atoms with E-state index in [4.69, 9.17) is 9.68 Å². The maximum Gasteiger partial charge on any atom is 0.321 e. The van der Waals surface area contributed by atoms with Crippen molar-refractivity contribution in [2.24, 2.45) is 0 Å². The second-order valence-electron chi connectivity index (χ2n) is 6.99. The molecule has 0 spiro atoms. The van der Waals surface area contributed by atoms with E-state index in [1.54, 1.807) is 28.1 Å². The number of pyridine rings is 1. The Morgan fingerprint density at radius 2 is 2.00 bits per heavy atom. The van der Waals surface area contributed by atoms with Gasteiger partial charge in [0.05, 0.1) is 5.56 Å². The average molecular weight is 391 g/mol. The molecule has 1 aliphatic rings. The van der Waals surface area contributed by atoms with Crippen molar-refractivity contribution in [1.29, 1.82) is 5.26 Å². The van der Waals surface area contributed by atoms with Crippen LogP contribution in [0, 0.1) is 11.3 Å². The fraction of sp³-hybridized carbons (Fsp3) is 0.300. The van der Waals surface area contributed by atoms with E-state index in [9.17, 15) is 4.79 Å². The number of benzene rings is 1. The van der Waals surface area contributed by atoms with Crippen molar-refractivity contribution < 1.29 is 9.21 Å². The molecule has 1 aliphatic heterocycles. The molecule has 1 saturated heterocycles. The van der Waals surface area contributed by atoms with Crippen molar-refractivity contribution in [3.63, 3.8) is 0 Å². The van der Waals surface area contributed by atoms with Crippen molar-refractivity contribution in [1.82, 2.24) is 14.9 Å². The van der Waals surface area contributed by atoms with Gasteiger partial charge in [-0.05, 0) is 24.3 Å². The predicted octanol–water partition coefficient (Wildman–Crippen LogP) is 2.51. The van der Waals surface area contributed by atoms with Crippen LogP contribution in [0.15, 0.2) is 40.9 Å². The fourth-order valence-corrected chi connectivity index (χ4v) is 3.16. The fourth-order valence-electron chi connectivity index (χ4n) is 3.16. The van der Waals surface area contributed by atoms with Gasteiger partial charge < -0.3 is 24.4 Å². The summed E-state index contributed by atoms with van der Waals surface area (Å²) in [6.45, 7) is 2.53. The maximum atomic E-state index is 12.6. The zero-order valence-electron chi connectivity index (χ0n) is 16.3. The minimum atomic E-state index is -0.149. The van der Waals surface area contributed by atoms with E-state index in [0.29, 0.717) is 49.0 Å². The van der Waals surface area contributed by atoms with Gasteiger partial charge in [0.15, 0.2) is 5.58 Å². The highest BCUT2D eigenvalue weighted by Gasteiger charge is 2.22. The van der Waals surface area contributed by atoms with Gasteiger partial charge in [-0.25, -0.2) is 9.78 Å². The zero-order valence-corrected chi connectivity index (χ0v) is 16.3. The van der Waals surface area contributed by atoms with Crippen molar-refractivity contribution in [2.45, 2.75) is 0 Å². The van der Waals surface area contributed by atoms with Gasteiger partial charge in [-0.15, -0.1) is 0 Å². The van der Waals surface area contributed by atoms with Crippen molar-refractivity contribution in [2.75, 3.05) is 55.4 Å². The van der Waals surface area contributed by atoms with Crippen LogP contribution in [0.3, 0.4) is 0 Å². The van der Waals surface area contributed by atoms with Crippen molar-refractivity contribution in [3.8, 4) is 6.07 Å². The minimum Gasteiger partial charge on any atom is -0.423 e. The highest BCUT2D eigenvalue weighted by Crippen LogP contribution is 2.24. The summed E-state index contributed by atoms with van der Waals surface area (Å²) >= 11 is 0. The number of rotatable bonds is 3. The summed E-state index contributed by atoms with van der Waals surface area (Å²) in [5, 5.41) is 11.8. The van der Waals surface area contributed by atoms with Crippen LogP contribution in [0.4, 0.5) is 22.3 Å². The summed E-state index contributed by atoms with van der Waals surface area (Å²) in [5.74, 6) is 0.816. The number of nitrogens with zero attached hydrogens (tertiary/aromatic N) is 6. The van der Waals surface area contributed by atoms with E-state index in [1.165, 1.54) is 0 Å². The number of amides is 2. The number of carbonyl (C=O) groups excluding carboxylic acids is 1. The molecule has 9 heteroatoms. The van der Waals surface area contributed by atoms with Gasteiger partial charge in [0.25, 0.3) is 6.01 Å². The molecule has 4 rings (SSSR count). The smallest absolute Gasteiger partial charge is 0.321 e. The number of nitrogens with one attached hydrogen (secondary N) is 1. The standard InChI is InChI=1S/C20H21N7O2/c1-25(2)20-24-16-5-4-15(11-17(16)29-20)23-19(28)27-9-7-26(8-10-27)18-6-3-14(12-21)13-22-18/h3-6,11,13H,7-10H2,1-2H3,(H,23,28). The Kier molecular flexibility index (Phi) is 4.91. The van der Waals surface area contributed by atoms with E-state index in [1.807, 2.05) is 32.3 Å². The Hall–Kier alpha value is -3.80. The first kappa shape index (κ1) is 18.6. The first-order valence-electron chi connectivity index (χ1n) is 9.28. The third-order valence-corrected chi connectivity index (χ3v) is 4.78. The summed E-state index contributed by atoms with van der Waals surface area (Å²) in [5.41, 5.74) is 2.58. The first-order chi connectivity index (χ1) is 14.0. The molecule has 0 aliphatic carbocycles. The lowest BCUT2D eigenvalue weighted by molar-refractivity contribution is 0.208. The number of nitriles is 1. The van der Waals surface area contributed by atoms with Crippen LogP contribution in [0.5, 0.6) is 0 Å². The number of carbonyl (C=O) groups is 1. The summed E-state index contributed by atoms with van der Waals surface area (Å²) in [7, 11) is 3.72. The number of hydrogen-bond acceptors (Lipinski definition) is 7. The molecule has 1 aromatic carbocycles. The van der Waals surface area contributed by atoms with Crippen molar-refractivity contribution >= 4 is 34.7 Å². The molecule has 1 N–H and O–H groups in total. The van der Waals surface area contributed by atoms with E-state index in [0.717, 1.165) is 11.3 Å². The Balaban J connectivity index is 1.37. The zero-order chi connectivity index (χ0) is 20.4. The third-order valence-electron chi connectivity index (χ3n) is 4.78. The molecule has 9 nitrogen and oxygen atoms in total. The van der Waals surface area contributed by atoms with Gasteiger partial charge >= 0.3 is 6.03 Å². The second kappa shape index (κ2) is 7.67. The van der Waals surface area contributed by atoms with Gasteiger partial charge in [-0.3, -0.25) is 0 Å². The van der Waals surface area contributed by atoms with E-state index < -0.39 is 0 Å². The quantitative estimate of drug-likeness (QED) is 0.732. The monoisotopic (exact) mass is 391 g/mol. The van der Waals surface area contributed by atoms with Crippen molar-refractivity contribution in [3.05, 3.63) is 42.1 Å². The number of fused-ring (bicyclic) bond motifs is 1. The molecule has 2 amide bonds. The number of oxazole rings is 1. The number of hydrogen-bond donors (Lipinski definition) is 1. The lowest BCUT2D eigenvalue weighted by Gasteiger charge is -2.35. The SMILES string of the molecule is CN(C)c1nc2ccc(NC(=O)N3CCN(c4ccc(C#N)cn4)CC3)cc2o1. The highest BCUT2D eigenvalue weighted by molar-refractivity contribution is 5.92. The lowest BCUT2D eigenvalue weighted by atomic mass is 10.2. The topological polar surface area (TPSA) is 102 Å². The van der Waals surface area contributed by atoms with Crippen LogP contribution in [0.1, 0.15) is 5.56 Å². The summed E-state index contributed by atoms with van der Waals surface area (Å²) in [6, 6.07) is 11.5. The normalized spacial score (nSPS) is 14.0. The van der Waals surface area contributed by atoms with E-state index in [2.05, 4.69) is 26.3 Å². The molecule has 0 unspecified atom stereocenters. The third kappa shape index (κ3) is 3.91. The van der Waals surface area contributed by atoms with Gasteiger partial charge in [-0.2, -0.15) is 10.2 Å². The molecular weight excluding hydrogens is 370 g/mol. The Labute approximate surface area is 168 Å². The Bertz CT molecular complexity index is 1060. The largest absolute Gasteiger partial charge is 0.423 e. The number of urea groups is 1. The second-order valence-corrected chi connectivity index (χ2v) is 6.99. The van der Waals surface area contributed by atoms with Crippen LogP contribution in [0.25, 0.3) is 11.1 Å². The van der Waals surface area contributed by atoms with E-state index in [-0.39, 0.29) is 6.03 Å². The van der Waals surface area contributed by atoms with E-state index >= 15 is 0 Å². The summed E-state index contributed by atoms with van der Waals surface area (Å²) in [6.07, 6.45) is 1.57. The Morgan fingerprint density at radius 3 is 2.66 bits per heavy atom. The maximum absolute atomic E-state index is 12.6. The average Bonchev–Trinajstić information content (AvgIpc) is 3.18. The van der Waals surface area contributed by atoms with Crippen LogP contribution >= 0.6 is 0 Å². The van der Waals surface area contributed by atoms with Crippen LogP contribution < -0.4 is 15.1 Å². The number of aromatic nitrogens is 2. The molecule has 0 atom stereocenters. The summed E-state index contributed by atoms with van der Waals surface area (Å²) in [4.78, 5) is 27.0. The highest BCUT2D eigenvalue weighted by atomic mass is 16.4. The van der Waals surface area contributed by atoms with Crippen LogP contribution in [-0.4, -0.2) is 61.2 Å². The van der Waals surface area contributed by atoms with Gasteiger partial charge in [0, 0.05) is 58.2 Å². The predicted molar refractivity (Wildman–Crippen MR) is 110 cm³/mol. The first-order valence-corrected chi connectivity index (χ1v) is 9.28. The molecule has 3 aromatic rings. The Morgan fingerprint density at radius 1 is 1.21 bits per heavy atom. The van der Waals surface area contributed by atoms with Crippen LogP contribution in [-0.2, 0) is 0 Å².